The van der Waals surface area contributed by atoms with Gasteiger partial charge in [-0.2, -0.15) is 5.10 Å². The van der Waals surface area contributed by atoms with Crippen LogP contribution in [0.4, 0.5) is 5.82 Å². The monoisotopic (exact) mass is 269 g/mol. The molecule has 2 N–H and O–H groups in total. The highest BCUT2D eigenvalue weighted by Crippen LogP contribution is 2.34. The van der Waals surface area contributed by atoms with Gasteiger partial charge in [0.1, 0.15) is 5.82 Å². The SMILES string of the molecule is Cn1ncc(-c2cccc(C3CCCCCC3)c2)c1N. The van der Waals surface area contributed by atoms with E-state index in [4.69, 9.17) is 5.73 Å². The Kier molecular flexibility index (Phi) is 3.77. The van der Waals surface area contributed by atoms with Crippen LogP contribution in [-0.4, -0.2) is 9.78 Å². The fourth-order valence-electron chi connectivity index (χ4n) is 3.24. The number of hydrogen-bond donors (Lipinski definition) is 1. The Balaban J connectivity index is 1.91. The van der Waals surface area contributed by atoms with E-state index in [-0.39, 0.29) is 0 Å². The van der Waals surface area contributed by atoms with Crippen LogP contribution in [0.25, 0.3) is 11.1 Å². The predicted octanol–water partition coefficient (Wildman–Crippen LogP) is 4.11. The van der Waals surface area contributed by atoms with Crippen molar-refractivity contribution in [2.24, 2.45) is 7.05 Å². The van der Waals surface area contributed by atoms with Gasteiger partial charge >= 0.3 is 0 Å². The quantitative estimate of drug-likeness (QED) is 0.834. The second-order valence-electron chi connectivity index (χ2n) is 5.88. The van der Waals surface area contributed by atoms with Crippen molar-refractivity contribution in [2.75, 3.05) is 5.73 Å². The zero-order valence-electron chi connectivity index (χ0n) is 12.2. The van der Waals surface area contributed by atoms with E-state index < -0.39 is 0 Å². The van der Waals surface area contributed by atoms with E-state index >= 15 is 0 Å². The molecular formula is C17H23N3. The largest absolute Gasteiger partial charge is 0.383 e. The lowest BCUT2D eigenvalue weighted by molar-refractivity contribution is 0.593. The number of benzene rings is 1. The highest BCUT2D eigenvalue weighted by atomic mass is 15.3. The second kappa shape index (κ2) is 5.70. The summed E-state index contributed by atoms with van der Waals surface area (Å²) in [7, 11) is 1.88. The van der Waals surface area contributed by atoms with Gasteiger partial charge in [0.05, 0.1) is 6.20 Å². The molecule has 3 rings (SSSR count). The Labute approximate surface area is 120 Å². The minimum Gasteiger partial charge on any atom is -0.383 e. The van der Waals surface area contributed by atoms with Gasteiger partial charge in [0, 0.05) is 12.6 Å². The summed E-state index contributed by atoms with van der Waals surface area (Å²) in [5.74, 6) is 1.46. The normalized spacial score (nSPS) is 17.1. The number of aryl methyl sites for hydroxylation is 1. The molecule has 1 fully saturated rings. The molecular weight excluding hydrogens is 246 g/mol. The first-order valence-electron chi connectivity index (χ1n) is 7.63. The first-order chi connectivity index (χ1) is 9.75. The molecule has 0 amide bonds. The zero-order valence-corrected chi connectivity index (χ0v) is 12.2. The summed E-state index contributed by atoms with van der Waals surface area (Å²) < 4.78 is 1.73. The Bertz CT molecular complexity index is 578. The molecule has 0 saturated heterocycles. The van der Waals surface area contributed by atoms with Crippen molar-refractivity contribution in [2.45, 2.75) is 44.4 Å². The summed E-state index contributed by atoms with van der Waals surface area (Å²) in [6.45, 7) is 0. The molecule has 3 heteroatoms. The summed E-state index contributed by atoms with van der Waals surface area (Å²) in [5, 5.41) is 4.24. The van der Waals surface area contributed by atoms with Crippen LogP contribution in [0.1, 0.15) is 50.0 Å². The van der Waals surface area contributed by atoms with Crippen LogP contribution in [0.15, 0.2) is 30.5 Å². The van der Waals surface area contributed by atoms with Crippen molar-refractivity contribution in [3.8, 4) is 11.1 Å². The second-order valence-corrected chi connectivity index (χ2v) is 5.88. The number of nitrogens with two attached hydrogens (primary N) is 1. The molecule has 1 aromatic heterocycles. The average Bonchev–Trinajstić information content (AvgIpc) is 2.71. The molecule has 20 heavy (non-hydrogen) atoms. The lowest BCUT2D eigenvalue weighted by Crippen LogP contribution is -1.99. The highest BCUT2D eigenvalue weighted by Gasteiger charge is 2.15. The minimum absolute atomic E-state index is 0.718. The predicted molar refractivity (Wildman–Crippen MR) is 83.5 cm³/mol. The summed E-state index contributed by atoms with van der Waals surface area (Å²) in [4.78, 5) is 0. The maximum atomic E-state index is 6.09. The molecule has 1 saturated carbocycles. The maximum Gasteiger partial charge on any atom is 0.129 e. The molecule has 0 atom stereocenters. The minimum atomic E-state index is 0.718. The molecule has 0 radical (unpaired) electrons. The number of anilines is 1. The van der Waals surface area contributed by atoms with Gasteiger partial charge in [0.25, 0.3) is 0 Å². The third-order valence-electron chi connectivity index (χ3n) is 4.51. The highest BCUT2D eigenvalue weighted by molar-refractivity contribution is 5.73. The molecule has 1 aromatic carbocycles. The van der Waals surface area contributed by atoms with Crippen LogP contribution in [0, 0.1) is 0 Å². The number of rotatable bonds is 2. The molecule has 1 aliphatic carbocycles. The Morgan fingerprint density at radius 2 is 1.90 bits per heavy atom. The third-order valence-corrected chi connectivity index (χ3v) is 4.51. The average molecular weight is 269 g/mol. The van der Waals surface area contributed by atoms with Gasteiger partial charge < -0.3 is 5.73 Å². The molecule has 0 spiro atoms. The topological polar surface area (TPSA) is 43.8 Å². The Morgan fingerprint density at radius 3 is 2.55 bits per heavy atom. The standard InChI is InChI=1S/C17H23N3/c1-20-17(18)16(12-19-20)15-10-6-9-14(11-15)13-7-4-2-3-5-8-13/h6,9-13H,2-5,7-8,18H2,1H3. The van der Waals surface area contributed by atoms with E-state index in [0.29, 0.717) is 0 Å². The van der Waals surface area contributed by atoms with Gasteiger partial charge in [-0.25, -0.2) is 0 Å². The number of hydrogen-bond acceptors (Lipinski definition) is 2. The number of nitrogens with zero attached hydrogens (tertiary/aromatic N) is 2. The van der Waals surface area contributed by atoms with Gasteiger partial charge in [-0.05, 0) is 29.9 Å². The van der Waals surface area contributed by atoms with Crippen LogP contribution in [0.5, 0.6) is 0 Å². The van der Waals surface area contributed by atoms with Gasteiger partial charge in [0.2, 0.25) is 0 Å². The van der Waals surface area contributed by atoms with Crippen molar-refractivity contribution in [3.63, 3.8) is 0 Å². The van der Waals surface area contributed by atoms with Gasteiger partial charge in [-0.3, -0.25) is 4.68 Å². The number of aromatic nitrogens is 2. The van der Waals surface area contributed by atoms with Crippen molar-refractivity contribution >= 4 is 5.82 Å². The van der Waals surface area contributed by atoms with E-state index in [1.165, 1.54) is 49.7 Å². The maximum absolute atomic E-state index is 6.09. The summed E-state index contributed by atoms with van der Waals surface area (Å²) >= 11 is 0. The fourth-order valence-corrected chi connectivity index (χ4v) is 3.24. The molecule has 0 aliphatic heterocycles. The number of nitrogen functional groups attached to an aromatic ring is 1. The van der Waals surface area contributed by atoms with Gasteiger partial charge in [0.15, 0.2) is 0 Å². The van der Waals surface area contributed by atoms with E-state index in [2.05, 4.69) is 29.4 Å². The Hall–Kier alpha value is -1.77. The van der Waals surface area contributed by atoms with Crippen molar-refractivity contribution < 1.29 is 0 Å². The lowest BCUT2D eigenvalue weighted by atomic mass is 9.90. The Morgan fingerprint density at radius 1 is 1.15 bits per heavy atom. The van der Waals surface area contributed by atoms with Crippen LogP contribution in [0.3, 0.4) is 0 Å². The van der Waals surface area contributed by atoms with Crippen molar-refractivity contribution in [1.82, 2.24) is 9.78 Å². The smallest absolute Gasteiger partial charge is 0.129 e. The van der Waals surface area contributed by atoms with Crippen LogP contribution in [0.2, 0.25) is 0 Å². The molecule has 1 heterocycles. The zero-order chi connectivity index (χ0) is 13.9. The van der Waals surface area contributed by atoms with Crippen LogP contribution < -0.4 is 5.73 Å². The molecule has 106 valence electrons. The lowest BCUT2D eigenvalue weighted by Gasteiger charge is -2.15. The first kappa shape index (κ1) is 13.2. The van der Waals surface area contributed by atoms with E-state index in [9.17, 15) is 0 Å². The summed E-state index contributed by atoms with van der Waals surface area (Å²) in [6, 6.07) is 8.87. The van der Waals surface area contributed by atoms with E-state index in [1.54, 1.807) is 4.68 Å². The summed E-state index contributed by atoms with van der Waals surface area (Å²) in [6.07, 6.45) is 10.0. The van der Waals surface area contributed by atoms with E-state index in [1.807, 2.05) is 13.2 Å². The van der Waals surface area contributed by atoms with Gasteiger partial charge in [-0.1, -0.05) is 49.9 Å². The van der Waals surface area contributed by atoms with Gasteiger partial charge in [-0.15, -0.1) is 0 Å². The third kappa shape index (κ3) is 2.58. The van der Waals surface area contributed by atoms with Crippen LogP contribution in [-0.2, 0) is 7.05 Å². The van der Waals surface area contributed by atoms with Crippen LogP contribution >= 0.6 is 0 Å². The first-order valence-corrected chi connectivity index (χ1v) is 7.63. The molecule has 0 unspecified atom stereocenters. The molecule has 2 aromatic rings. The summed E-state index contributed by atoms with van der Waals surface area (Å²) in [5.41, 5.74) is 9.79. The fraction of sp³-hybridized carbons (Fsp3) is 0.471. The van der Waals surface area contributed by atoms with Crippen molar-refractivity contribution in [3.05, 3.63) is 36.0 Å². The molecule has 1 aliphatic rings. The van der Waals surface area contributed by atoms with Crippen molar-refractivity contribution in [1.29, 1.82) is 0 Å². The molecule has 3 nitrogen and oxygen atoms in total. The molecule has 0 bridgehead atoms. The van der Waals surface area contributed by atoms with E-state index in [0.717, 1.165) is 17.3 Å².